The van der Waals surface area contributed by atoms with E-state index in [0.717, 1.165) is 15.7 Å². The van der Waals surface area contributed by atoms with E-state index in [-0.39, 0.29) is 147 Å². The van der Waals surface area contributed by atoms with Gasteiger partial charge in [-0.25, -0.2) is 10.8 Å². The number of fused-ring (bicyclic) bond motifs is 3. The summed E-state index contributed by atoms with van der Waals surface area (Å²) in [5.74, 6) is -9.26. The lowest BCUT2D eigenvalue weighted by molar-refractivity contribution is -0.146. The number of ketones is 1. The number of aromatic nitrogens is 4. The molecule has 0 saturated carbocycles. The average Bonchev–Trinajstić information content (AvgIpc) is 1.66. The van der Waals surface area contributed by atoms with Gasteiger partial charge in [0.15, 0.2) is 17.7 Å². The van der Waals surface area contributed by atoms with Crippen molar-refractivity contribution in [3.63, 3.8) is 0 Å². The van der Waals surface area contributed by atoms with Crippen LogP contribution in [0.5, 0.6) is 0 Å². The van der Waals surface area contributed by atoms with Crippen molar-refractivity contribution in [3.8, 4) is 0 Å². The third kappa shape index (κ3) is 32.0. The minimum Gasteiger partial charge on any atom is -0.480 e. The zero-order chi connectivity index (χ0) is 101. The van der Waals surface area contributed by atoms with E-state index in [0.29, 0.717) is 54.6 Å². The smallest absolute Gasteiger partial charge is 0.317 e. The molecule has 11 amide bonds. The molecule has 0 spiro atoms. The monoisotopic (exact) mass is 1940 g/mol. The number of hydrazine groups is 1. The van der Waals surface area contributed by atoms with Crippen LogP contribution < -0.4 is 81.9 Å². The number of amides is 11. The Bertz CT molecular complexity index is 5890. The van der Waals surface area contributed by atoms with Crippen LogP contribution in [0.4, 0.5) is 0 Å². The average molecular weight is 1950 g/mol. The van der Waals surface area contributed by atoms with Gasteiger partial charge < -0.3 is 116 Å². The van der Waals surface area contributed by atoms with E-state index in [1.165, 1.54) is 24.7 Å². The molecule has 2 aliphatic heterocycles. The highest BCUT2D eigenvalue weighted by atomic mass is 16.4. The Morgan fingerprint density at radius 2 is 0.865 bits per heavy atom. The number of carbonyl (C=O) groups is 15. The van der Waals surface area contributed by atoms with Gasteiger partial charge in [0.1, 0.15) is 60.9 Å². The number of nitrogens with two attached hydrogens (primary N) is 5. The van der Waals surface area contributed by atoms with Gasteiger partial charge in [-0.1, -0.05) is 133 Å². The number of nitrogens with one attached hydrogen (secondary N) is 15. The number of primary amides is 1. The van der Waals surface area contributed by atoms with Gasteiger partial charge in [-0.2, -0.15) is 0 Å². The molecule has 2 saturated heterocycles. The zero-order valence-electron chi connectivity index (χ0n) is 77.5. The van der Waals surface area contributed by atoms with Crippen LogP contribution in [0.2, 0.25) is 0 Å². The Balaban J connectivity index is 0.860. The number of imidazole rings is 1. The van der Waals surface area contributed by atoms with Crippen molar-refractivity contribution in [2.45, 2.75) is 125 Å². The molecule has 141 heavy (non-hydrogen) atoms. The van der Waals surface area contributed by atoms with Crippen LogP contribution in [0.15, 0.2) is 171 Å². The van der Waals surface area contributed by atoms with Gasteiger partial charge in [-0.3, -0.25) is 107 Å². The first-order valence-corrected chi connectivity index (χ1v) is 46.0. The number of carboxylic acids is 3. The van der Waals surface area contributed by atoms with Crippen molar-refractivity contribution in [3.05, 3.63) is 210 Å². The number of likely N-dealkylation sites (tertiary alicyclic amines) is 1. The van der Waals surface area contributed by atoms with E-state index in [9.17, 15) is 54.0 Å². The number of aliphatic carboxylic acids is 3. The van der Waals surface area contributed by atoms with Gasteiger partial charge in [-0.15, -0.1) is 0 Å². The molecular weight excluding hydrogens is 1820 g/mol. The maximum atomic E-state index is 15.6. The standard InChI is InChI=1S/C95H121N27O19/c96-64-43-78(93(141)122(102)49-79(97)124)121(48-64)92(140)76(39-56-22-26-60(27-23-56)84(132)59-13-2-1-3-14-59)115-88(136)73(41-62-45-106-68-18-8-6-16-66(62)68)112-86(134)71(21-11-29-105-95(100)101)111-90(138)75(44-65-47-103-55-108-65)114-91(139)77(54-123)116-89(137)74(42-63-46-107-69-19-9-7-17-67(63)69)113-85(133)70(20-10-28-104-94(98)99)110-87(135)72(40-57-24-25-58-12-4-5-15-61(58)38-57)109-80(125)50-117-30-32-118(51-81(126)127)34-36-120(53-83(130)131)37-35-119(33-31-117)52-82(128)129/h1-9,12-19,22-27,38,45-47,55,64,70-78,106-107,123H,10-11,20-21,28-37,39-44,48-54,96,102H2,(H2,97,124)(H,103,108)(H,109,125)(H,110,135)(H,111,138)(H,112,134)(H,113,133)(H,114,139)(H,115,136)(H,116,137)(H,126,127)(H,128,129)(H,130,131)(H4,98,99,104)(H4,100,101,105)/t64-,70+,71-,72-,73+,74+,75+,76+,77+,78?/m1/s1. The topological polar surface area (TPSA) is 715 Å². The van der Waals surface area contributed by atoms with Gasteiger partial charge in [0.25, 0.3) is 5.91 Å². The van der Waals surface area contributed by atoms with Crippen LogP contribution in [0.1, 0.15) is 76.0 Å². The van der Waals surface area contributed by atoms with Gasteiger partial charge in [-0.05, 0) is 77.3 Å². The molecule has 6 aromatic carbocycles. The highest BCUT2D eigenvalue weighted by molar-refractivity contribution is 6.09. The Hall–Kier alpha value is -15.6. The zero-order valence-corrected chi connectivity index (χ0v) is 77.5. The molecule has 1 unspecified atom stereocenters. The van der Waals surface area contributed by atoms with Crippen LogP contribution >= 0.6 is 0 Å². The van der Waals surface area contributed by atoms with Crippen molar-refractivity contribution in [2.24, 2.45) is 28.8 Å². The highest BCUT2D eigenvalue weighted by Gasteiger charge is 2.44. The molecule has 2 aliphatic rings. The summed E-state index contributed by atoms with van der Waals surface area (Å²) in [7, 11) is 0. The van der Waals surface area contributed by atoms with Crippen molar-refractivity contribution in [1.29, 1.82) is 10.8 Å². The first-order chi connectivity index (χ1) is 67.6. The molecule has 46 heteroatoms. The minimum atomic E-state index is -1.96. The number of hydrogen-bond acceptors (Lipinski definition) is 25. The van der Waals surface area contributed by atoms with Crippen LogP contribution in [-0.2, 0) is 99.2 Å². The van der Waals surface area contributed by atoms with Crippen LogP contribution in [0.3, 0.4) is 0 Å². The normalized spacial score (nSPS) is 16.3. The molecule has 2 fully saturated rings. The lowest BCUT2D eigenvalue weighted by atomic mass is 9.98. The fraction of sp³-hybridized carbons (Fsp3) is 0.389. The first-order valence-electron chi connectivity index (χ1n) is 46.0. The molecule has 5 heterocycles. The third-order valence-electron chi connectivity index (χ3n) is 24.2. The van der Waals surface area contributed by atoms with Crippen molar-refractivity contribution in [2.75, 3.05) is 111 Å². The Kier molecular flexibility index (Phi) is 38.8. The van der Waals surface area contributed by atoms with Crippen molar-refractivity contribution < 1.29 is 92.3 Å². The van der Waals surface area contributed by atoms with Gasteiger partial charge in [0.2, 0.25) is 59.1 Å². The molecule has 3 aromatic heterocycles. The highest BCUT2D eigenvalue weighted by Crippen LogP contribution is 2.26. The second-order valence-corrected chi connectivity index (χ2v) is 34.8. The predicted molar refractivity (Wildman–Crippen MR) is 517 cm³/mol. The molecule has 46 nitrogen and oxygen atoms in total. The molecule has 11 rings (SSSR count). The number of H-pyrrole nitrogens is 3. The number of para-hydroxylation sites is 2. The summed E-state index contributed by atoms with van der Waals surface area (Å²) in [5.41, 5.74) is 27.3. The van der Waals surface area contributed by atoms with Crippen molar-refractivity contribution in [1.82, 2.24) is 103 Å². The van der Waals surface area contributed by atoms with Crippen molar-refractivity contribution >= 4 is 133 Å². The third-order valence-corrected chi connectivity index (χ3v) is 24.2. The van der Waals surface area contributed by atoms with E-state index in [1.54, 1.807) is 129 Å². The van der Waals surface area contributed by atoms with Gasteiger partial charge in [0, 0.05) is 167 Å². The Labute approximate surface area is 809 Å². The fourth-order valence-electron chi connectivity index (χ4n) is 17.0. The maximum Gasteiger partial charge on any atom is 0.317 e. The van der Waals surface area contributed by atoms with E-state index < -0.39 is 201 Å². The maximum absolute atomic E-state index is 15.6. The van der Waals surface area contributed by atoms with Crippen LogP contribution in [-0.4, -0.2) is 342 Å². The van der Waals surface area contributed by atoms with Gasteiger partial charge >= 0.3 is 17.9 Å². The minimum absolute atomic E-state index is 0.00952. The summed E-state index contributed by atoms with van der Waals surface area (Å²) in [4.78, 5) is 235. The number of hydrogen-bond donors (Lipinski definition) is 24. The molecule has 0 radical (unpaired) electrons. The molecule has 10 atom stereocenters. The summed E-state index contributed by atoms with van der Waals surface area (Å²) in [6.45, 7) is -3.30. The quantitative estimate of drug-likeness (QED) is 0.00331. The number of aliphatic hydroxyl groups is 1. The summed E-state index contributed by atoms with van der Waals surface area (Å²) in [5, 5.41) is 87.2. The number of carboxylic acid groups (broad SMARTS) is 3. The van der Waals surface area contributed by atoms with E-state index in [2.05, 4.69) is 73.1 Å². The van der Waals surface area contributed by atoms with E-state index >= 15 is 38.4 Å². The summed E-state index contributed by atoms with van der Waals surface area (Å²) in [6.07, 6.45) is 3.67. The molecule has 0 aliphatic carbocycles. The number of nitrogens with zero attached hydrogens (tertiary/aromatic N) is 7. The number of aliphatic hydroxyl groups excluding tert-OH is 1. The SMILES string of the molecule is N=C(N)NCCC[C@H](NC(=O)[C@@H](Cc1ccc2ccccc2c1)NC(=O)CN1CCN(CC(=O)O)CCN(CC(=O)O)CCN(CC(=O)O)CC1)C(=O)N[C@@H](Cc1c[nH]c2ccccc12)C(=O)N[C@@H](CO)C(=O)N[C@@H](Cc1cnc[nH]1)C(=O)N[C@H](CCCNC(=N)N)C(=O)N[C@@H](Cc1c[nH]c2ccccc12)C(=O)N[C@@H](Cc1ccc(C(=O)c2ccccc2)cc1)C(=O)N1C[C@H](N)CC1C(=O)N(N)CC(N)=O. The Morgan fingerprint density at radius 1 is 0.454 bits per heavy atom. The molecule has 9 aromatic rings. The fourth-order valence-corrected chi connectivity index (χ4v) is 17.0. The van der Waals surface area contributed by atoms with Gasteiger partial charge in [0.05, 0.1) is 39.1 Å². The number of benzene rings is 6. The Morgan fingerprint density at radius 3 is 1.34 bits per heavy atom. The van der Waals surface area contributed by atoms with Crippen LogP contribution in [0.25, 0.3) is 32.6 Å². The lowest BCUT2D eigenvalue weighted by Crippen LogP contribution is -2.62. The predicted octanol–water partition coefficient (Wildman–Crippen LogP) is -3.74. The summed E-state index contributed by atoms with van der Waals surface area (Å²) < 4.78 is 0. The second-order valence-electron chi connectivity index (χ2n) is 34.8. The largest absolute Gasteiger partial charge is 0.480 e. The number of guanidine groups is 2. The van der Waals surface area contributed by atoms with Crippen LogP contribution in [0, 0.1) is 10.8 Å². The van der Waals surface area contributed by atoms with E-state index in [1.807, 2.05) is 36.4 Å². The summed E-state index contributed by atoms with van der Waals surface area (Å²) in [6, 6.07) is 26.0. The molecule has 29 N–H and O–H groups in total. The lowest BCUT2D eigenvalue weighted by Gasteiger charge is -2.33. The van der Waals surface area contributed by atoms with E-state index in [4.69, 9.17) is 39.6 Å². The number of rotatable bonds is 48. The molecule has 750 valence electrons. The second kappa shape index (κ2) is 51.7. The first kappa shape index (κ1) is 106. The number of aromatic amines is 3. The molecular formula is C95H121N27O19. The molecule has 0 bridgehead atoms. The summed E-state index contributed by atoms with van der Waals surface area (Å²) >= 11 is 0. The number of carbonyl (C=O) groups excluding carboxylic acids is 12.